The zero-order chi connectivity index (χ0) is 14.7. The third kappa shape index (κ3) is 3.55. The van der Waals surface area contributed by atoms with Crippen LogP contribution in [0.1, 0.15) is 5.56 Å². The van der Waals surface area contributed by atoms with Crippen LogP contribution in [0.4, 0.5) is 11.4 Å². The summed E-state index contributed by atoms with van der Waals surface area (Å²) in [7, 11) is 0. The van der Waals surface area contributed by atoms with Gasteiger partial charge in [0.05, 0.1) is 5.69 Å². The summed E-state index contributed by atoms with van der Waals surface area (Å²) >= 11 is 13.8. The minimum absolute atomic E-state index is 0.394. The van der Waals surface area contributed by atoms with Crippen molar-refractivity contribution in [3.8, 4) is 0 Å². The Hall–Kier alpha value is -0.560. The highest BCUT2D eigenvalue weighted by atomic mass is 79.9. The van der Waals surface area contributed by atoms with Gasteiger partial charge in [-0.1, -0.05) is 34.2 Å². The predicted octanol–water partition coefficient (Wildman–Crippen LogP) is 5.31. The van der Waals surface area contributed by atoms with E-state index in [-0.39, 0.29) is 0 Å². The third-order valence-corrected chi connectivity index (χ3v) is 4.83. The Bertz CT molecular complexity index is 660. The number of nitrogens with one attached hydrogen (secondary N) is 1. The Morgan fingerprint density at radius 3 is 2.55 bits per heavy atom. The van der Waals surface area contributed by atoms with Gasteiger partial charge < -0.3 is 11.1 Å². The topological polar surface area (TPSA) is 38.0 Å². The zero-order valence-electron chi connectivity index (χ0n) is 10.6. The lowest BCUT2D eigenvalue weighted by atomic mass is 10.1. The number of halogens is 2. The second-order valence-electron chi connectivity index (χ2n) is 4.00. The first kappa shape index (κ1) is 15.8. The molecule has 2 aromatic carbocycles. The van der Waals surface area contributed by atoms with E-state index in [2.05, 4.69) is 37.2 Å². The fraction of sp³-hybridized carbons (Fsp3) is 0.0714. The van der Waals surface area contributed by atoms with E-state index in [1.807, 2.05) is 42.7 Å². The van der Waals surface area contributed by atoms with Crippen LogP contribution >= 0.6 is 55.8 Å². The van der Waals surface area contributed by atoms with Crippen molar-refractivity contribution in [3.63, 3.8) is 0 Å². The van der Waals surface area contributed by atoms with Crippen LogP contribution in [-0.4, -0.2) is 11.2 Å². The minimum atomic E-state index is 0.394. The lowest BCUT2D eigenvalue weighted by Gasteiger charge is -2.15. The quantitative estimate of drug-likeness (QED) is 0.508. The largest absolute Gasteiger partial charge is 0.389 e. The van der Waals surface area contributed by atoms with Crippen LogP contribution in [0, 0.1) is 0 Å². The van der Waals surface area contributed by atoms with Crippen LogP contribution in [0.25, 0.3) is 0 Å². The SMILES string of the molecule is CSc1cccc(Nc2ccc(Br)cc2Br)c1C(N)=S. The van der Waals surface area contributed by atoms with Crippen LogP contribution in [0.3, 0.4) is 0 Å². The van der Waals surface area contributed by atoms with Crippen molar-refractivity contribution in [2.24, 2.45) is 5.73 Å². The summed E-state index contributed by atoms with van der Waals surface area (Å²) in [5.41, 5.74) is 8.62. The first-order valence-electron chi connectivity index (χ1n) is 5.72. The number of thiocarbonyl (C=S) groups is 1. The maximum Gasteiger partial charge on any atom is 0.107 e. The number of nitrogens with two attached hydrogens (primary N) is 1. The van der Waals surface area contributed by atoms with Gasteiger partial charge in [0.25, 0.3) is 0 Å². The minimum Gasteiger partial charge on any atom is -0.389 e. The number of thioether (sulfide) groups is 1. The molecule has 2 aromatic rings. The van der Waals surface area contributed by atoms with Crippen LogP contribution in [0.5, 0.6) is 0 Å². The van der Waals surface area contributed by atoms with Crippen molar-refractivity contribution in [3.05, 3.63) is 50.9 Å². The van der Waals surface area contributed by atoms with Crippen molar-refractivity contribution in [1.82, 2.24) is 0 Å². The standard InChI is InChI=1S/C14H12Br2N2S2/c1-20-12-4-2-3-11(13(12)14(17)19)18-10-6-5-8(15)7-9(10)16/h2-7,18H,1H3,(H2,17,19). The molecule has 0 saturated heterocycles. The molecule has 3 N–H and O–H groups in total. The summed E-state index contributed by atoms with van der Waals surface area (Å²) in [6, 6.07) is 11.9. The van der Waals surface area contributed by atoms with Gasteiger partial charge in [-0.15, -0.1) is 11.8 Å². The van der Waals surface area contributed by atoms with Crippen LogP contribution in [-0.2, 0) is 0 Å². The van der Waals surface area contributed by atoms with Crippen molar-refractivity contribution < 1.29 is 0 Å². The molecule has 0 aromatic heterocycles. The van der Waals surface area contributed by atoms with E-state index in [4.69, 9.17) is 18.0 Å². The predicted molar refractivity (Wildman–Crippen MR) is 99.2 cm³/mol. The van der Waals surface area contributed by atoms with E-state index in [1.165, 1.54) is 0 Å². The highest BCUT2D eigenvalue weighted by Gasteiger charge is 2.11. The average molecular weight is 432 g/mol. The normalized spacial score (nSPS) is 10.3. The summed E-state index contributed by atoms with van der Waals surface area (Å²) in [6.07, 6.45) is 2.01. The van der Waals surface area contributed by atoms with Crippen LogP contribution in [0.15, 0.2) is 50.2 Å². The lowest BCUT2D eigenvalue weighted by molar-refractivity contribution is 1.39. The third-order valence-electron chi connectivity index (χ3n) is 2.69. The zero-order valence-corrected chi connectivity index (χ0v) is 15.4. The number of rotatable bonds is 4. The molecule has 0 unspecified atom stereocenters. The van der Waals surface area contributed by atoms with Crippen molar-refractivity contribution in [1.29, 1.82) is 0 Å². The molecule has 0 aliphatic rings. The lowest BCUT2D eigenvalue weighted by Crippen LogP contribution is -2.13. The van der Waals surface area contributed by atoms with Gasteiger partial charge in [-0.05, 0) is 52.5 Å². The van der Waals surface area contributed by atoms with Gasteiger partial charge in [-0.25, -0.2) is 0 Å². The molecule has 0 aliphatic carbocycles. The second-order valence-corrected chi connectivity index (χ2v) is 7.05. The van der Waals surface area contributed by atoms with E-state index < -0.39 is 0 Å². The van der Waals surface area contributed by atoms with Crippen molar-refractivity contribution in [2.75, 3.05) is 11.6 Å². The molecule has 0 radical (unpaired) electrons. The molecular formula is C14H12Br2N2S2. The molecule has 20 heavy (non-hydrogen) atoms. The summed E-state index contributed by atoms with van der Waals surface area (Å²) < 4.78 is 1.98. The molecule has 6 heteroatoms. The number of benzene rings is 2. The molecule has 2 nitrogen and oxygen atoms in total. The molecule has 104 valence electrons. The first-order valence-corrected chi connectivity index (χ1v) is 8.93. The Kier molecular flexibility index (Phi) is 5.49. The summed E-state index contributed by atoms with van der Waals surface area (Å²) in [6.45, 7) is 0. The molecule has 0 aliphatic heterocycles. The van der Waals surface area contributed by atoms with E-state index in [9.17, 15) is 0 Å². The maximum absolute atomic E-state index is 5.87. The van der Waals surface area contributed by atoms with Gasteiger partial charge in [0.2, 0.25) is 0 Å². The van der Waals surface area contributed by atoms with Crippen LogP contribution < -0.4 is 11.1 Å². The highest BCUT2D eigenvalue weighted by Crippen LogP contribution is 2.33. The van der Waals surface area contributed by atoms with E-state index >= 15 is 0 Å². The molecular weight excluding hydrogens is 420 g/mol. The molecule has 0 bridgehead atoms. The Morgan fingerprint density at radius 1 is 1.20 bits per heavy atom. The van der Waals surface area contributed by atoms with Crippen LogP contribution in [0.2, 0.25) is 0 Å². The summed E-state index contributed by atoms with van der Waals surface area (Å²) in [5, 5.41) is 3.38. The molecule has 0 heterocycles. The van der Waals surface area contributed by atoms with E-state index in [0.717, 1.165) is 30.8 Å². The fourth-order valence-corrected chi connectivity index (χ4v) is 3.86. The molecule has 0 fully saturated rings. The number of anilines is 2. The van der Waals surface area contributed by atoms with Gasteiger partial charge in [0.15, 0.2) is 0 Å². The first-order chi connectivity index (χ1) is 9.52. The fourth-order valence-electron chi connectivity index (χ4n) is 1.80. The monoisotopic (exact) mass is 430 g/mol. The number of hydrogen-bond acceptors (Lipinski definition) is 3. The van der Waals surface area contributed by atoms with Crippen molar-refractivity contribution in [2.45, 2.75) is 4.90 Å². The molecule has 2 rings (SSSR count). The van der Waals surface area contributed by atoms with E-state index in [1.54, 1.807) is 11.8 Å². The Balaban J connectivity index is 2.45. The molecule has 0 spiro atoms. The van der Waals surface area contributed by atoms with Crippen molar-refractivity contribution >= 4 is 72.2 Å². The molecule has 0 atom stereocenters. The Labute approximate surface area is 144 Å². The second kappa shape index (κ2) is 6.93. The van der Waals surface area contributed by atoms with Gasteiger partial charge in [0.1, 0.15) is 4.99 Å². The van der Waals surface area contributed by atoms with Gasteiger partial charge in [-0.3, -0.25) is 0 Å². The smallest absolute Gasteiger partial charge is 0.107 e. The Morgan fingerprint density at radius 2 is 1.95 bits per heavy atom. The van der Waals surface area contributed by atoms with Gasteiger partial charge in [-0.2, -0.15) is 0 Å². The van der Waals surface area contributed by atoms with Gasteiger partial charge in [0, 0.05) is 25.1 Å². The summed E-state index contributed by atoms with van der Waals surface area (Å²) in [4.78, 5) is 1.46. The molecule has 0 amide bonds. The summed E-state index contributed by atoms with van der Waals surface area (Å²) in [5.74, 6) is 0. The maximum atomic E-state index is 5.87. The highest BCUT2D eigenvalue weighted by molar-refractivity contribution is 9.11. The molecule has 0 saturated carbocycles. The number of hydrogen-bond donors (Lipinski definition) is 2. The van der Waals surface area contributed by atoms with Gasteiger partial charge >= 0.3 is 0 Å². The average Bonchev–Trinajstić information content (AvgIpc) is 2.41. The van der Waals surface area contributed by atoms with E-state index in [0.29, 0.717) is 4.99 Å².